The van der Waals surface area contributed by atoms with Gasteiger partial charge in [0, 0.05) is 0 Å². The average Bonchev–Trinajstić information content (AvgIpc) is 4.30. The molecule has 78 heavy (non-hydrogen) atoms. The summed E-state index contributed by atoms with van der Waals surface area (Å²) in [6.07, 6.45) is 22.1. The molecule has 4 aromatic carbocycles. The summed E-state index contributed by atoms with van der Waals surface area (Å²) >= 11 is -9.84. The quantitative estimate of drug-likeness (QED) is 0.0973. The van der Waals surface area contributed by atoms with E-state index in [2.05, 4.69) is 0 Å². The van der Waals surface area contributed by atoms with E-state index in [9.17, 15) is 86.4 Å². The Kier molecular flexibility index (Phi) is 17.3. The van der Waals surface area contributed by atoms with Crippen LogP contribution in [0.1, 0.15) is 25.7 Å². The number of benzene rings is 4. The van der Waals surface area contributed by atoms with Gasteiger partial charge in [0.2, 0.25) is 0 Å². The van der Waals surface area contributed by atoms with Crippen LogP contribution in [0.3, 0.4) is 0 Å². The number of sulfone groups is 4. The van der Waals surface area contributed by atoms with Gasteiger partial charge in [-0.2, -0.15) is 0 Å². The monoisotopic (exact) mass is 1340 g/mol. The first kappa shape index (κ1) is 60.4. The second kappa shape index (κ2) is 22.3. The van der Waals surface area contributed by atoms with Gasteiger partial charge in [0.15, 0.2) is 0 Å². The van der Waals surface area contributed by atoms with Gasteiger partial charge in [-0.25, -0.2) is 0 Å². The van der Waals surface area contributed by atoms with Crippen LogP contribution < -0.4 is 11.3 Å². The van der Waals surface area contributed by atoms with Crippen molar-refractivity contribution >= 4 is 39.3 Å². The summed E-state index contributed by atoms with van der Waals surface area (Å²) < 4.78 is 280. The Hall–Kier alpha value is -5.27. The Bertz CT molecular complexity index is 3450. The van der Waals surface area contributed by atoms with Gasteiger partial charge in [-0.1, -0.05) is 0 Å². The molecule has 0 radical (unpaired) electrons. The van der Waals surface area contributed by atoms with E-state index in [0.29, 0.717) is 31.5 Å². The molecule has 0 unspecified atom stereocenters. The molecular formula is C48H36F12O12S4Zr2. The molecule has 0 amide bonds. The molecule has 416 valence electrons. The molecule has 0 spiro atoms. The fraction of sp³-hybridized carbons (Fsp3) is 0.167. The molecule has 4 aliphatic rings. The van der Waals surface area contributed by atoms with E-state index in [1.807, 2.05) is 12.2 Å². The van der Waals surface area contributed by atoms with Gasteiger partial charge in [-0.15, -0.1) is 0 Å². The standard InChI is InChI=1S/4C7H5F3O3S.4C5H5.2Zr/c2*8-7(9,10)14(12,13)6-3-1-5(11)2-4-6;2*8-7(9,10)14(12,13)6-3-1-2-5(11)4-6;4*1-2-4-5-3-1;;/h4*1-4,11H;4*1-3H,4H2;;/q;;;;;;;;2*+2/p-4. The van der Waals surface area contributed by atoms with Crippen LogP contribution in [0.25, 0.3) is 0 Å². The van der Waals surface area contributed by atoms with Crippen molar-refractivity contribution in [2.45, 2.75) is 67.3 Å². The predicted molar refractivity (Wildman–Crippen MR) is 249 cm³/mol. The molecule has 0 bridgehead atoms. The minimum absolute atomic E-state index is 0.0174. The molecule has 8 rings (SSSR count). The van der Waals surface area contributed by atoms with E-state index in [1.165, 1.54) is 12.1 Å². The zero-order valence-electron chi connectivity index (χ0n) is 39.1. The van der Waals surface area contributed by atoms with Crippen LogP contribution in [0, 0.1) is 0 Å². The van der Waals surface area contributed by atoms with Crippen molar-refractivity contribution in [2.24, 2.45) is 0 Å². The first-order chi connectivity index (χ1) is 36.2. The molecule has 0 saturated carbocycles. The Morgan fingerprint density at radius 2 is 0.564 bits per heavy atom. The second-order valence-corrected chi connectivity index (χ2v) is 38.8. The fourth-order valence-corrected chi connectivity index (χ4v) is 27.1. The van der Waals surface area contributed by atoms with E-state index in [-0.39, 0.29) is 35.8 Å². The zero-order chi connectivity index (χ0) is 57.4. The third-order valence-electron chi connectivity index (χ3n) is 11.5. The SMILES string of the molecule is O=S(=O)(c1ccc([O][Zr]([O]c2ccc(S(=O)(=O)C(F)(F)F)cc2)([C]2=CC=CC2)[C]2=CC=CC2)cc1)C(F)(F)F.O=S(=O)(c1cccc([O][Zr]([O]c2cccc(S(=O)(=O)C(F)(F)F)c2)([C]2=CC=CC2)[C]2=CC=CC2)c1)C(F)(F)F. The number of hydrogen-bond acceptors (Lipinski definition) is 12. The van der Waals surface area contributed by atoms with Gasteiger partial charge in [-0.05, 0) is 0 Å². The fourth-order valence-electron chi connectivity index (χ4n) is 7.73. The van der Waals surface area contributed by atoms with E-state index >= 15 is 0 Å². The van der Waals surface area contributed by atoms with Crippen LogP contribution in [0.4, 0.5) is 52.7 Å². The average molecular weight is 1340 g/mol. The van der Waals surface area contributed by atoms with Gasteiger partial charge in [0.1, 0.15) is 0 Å². The van der Waals surface area contributed by atoms with Crippen molar-refractivity contribution < 1.29 is 140 Å². The topological polar surface area (TPSA) is 173 Å². The van der Waals surface area contributed by atoms with Crippen LogP contribution in [-0.2, 0) is 81.6 Å². The van der Waals surface area contributed by atoms with Crippen molar-refractivity contribution in [1.82, 2.24) is 0 Å². The number of halogens is 12. The first-order valence-electron chi connectivity index (χ1n) is 22.0. The normalized spacial score (nSPS) is 16.3. The van der Waals surface area contributed by atoms with E-state index in [1.54, 1.807) is 60.8 Å². The molecule has 4 aromatic rings. The third kappa shape index (κ3) is 12.4. The van der Waals surface area contributed by atoms with Crippen molar-refractivity contribution in [3.8, 4) is 23.0 Å². The van der Waals surface area contributed by atoms with Crippen LogP contribution in [0.2, 0.25) is 0 Å². The van der Waals surface area contributed by atoms with Gasteiger partial charge < -0.3 is 0 Å². The summed E-state index contributed by atoms with van der Waals surface area (Å²) in [5.74, 6) is -0.501. The van der Waals surface area contributed by atoms with Gasteiger partial charge >= 0.3 is 453 Å². The molecule has 0 aromatic heterocycles. The number of hydrogen-bond donors (Lipinski definition) is 0. The Balaban J connectivity index is 0.000000226. The minimum atomic E-state index is -5.71. The molecule has 0 heterocycles. The molecule has 4 aliphatic carbocycles. The number of rotatable bonds is 16. The summed E-state index contributed by atoms with van der Waals surface area (Å²) in [6.45, 7) is 0. The Labute approximate surface area is 449 Å². The van der Waals surface area contributed by atoms with Crippen molar-refractivity contribution in [3.63, 3.8) is 0 Å². The predicted octanol–water partition coefficient (Wildman–Crippen LogP) is 12.8. The van der Waals surface area contributed by atoms with Crippen LogP contribution in [0.5, 0.6) is 23.0 Å². The van der Waals surface area contributed by atoms with E-state index in [4.69, 9.17) is 11.3 Å². The molecule has 0 saturated heterocycles. The van der Waals surface area contributed by atoms with Crippen LogP contribution in [0.15, 0.2) is 203 Å². The Morgan fingerprint density at radius 3 is 0.795 bits per heavy atom. The molecule has 0 atom stereocenters. The summed E-state index contributed by atoms with van der Waals surface area (Å²) in [5.41, 5.74) is -22.1. The second-order valence-electron chi connectivity index (χ2n) is 16.6. The summed E-state index contributed by atoms with van der Waals surface area (Å²) in [5, 5.41) is 0. The van der Waals surface area contributed by atoms with Crippen molar-refractivity contribution in [2.75, 3.05) is 0 Å². The van der Waals surface area contributed by atoms with Gasteiger partial charge in [-0.3, -0.25) is 0 Å². The maximum absolute atomic E-state index is 13.2. The maximum atomic E-state index is 13.2. The van der Waals surface area contributed by atoms with Gasteiger partial charge in [0.05, 0.1) is 0 Å². The van der Waals surface area contributed by atoms with Gasteiger partial charge in [0.25, 0.3) is 0 Å². The van der Waals surface area contributed by atoms with E-state index in [0.717, 1.165) is 79.4 Å². The molecule has 0 N–H and O–H groups in total. The molecular weight excluding hydrogens is 1310 g/mol. The Morgan fingerprint density at radius 1 is 0.321 bits per heavy atom. The summed E-state index contributed by atoms with van der Waals surface area (Å²) in [7, 11) is -22.6. The molecule has 0 fully saturated rings. The number of allylic oxidation sites excluding steroid dienone is 16. The number of alkyl halides is 12. The zero-order valence-corrected chi connectivity index (χ0v) is 47.2. The van der Waals surface area contributed by atoms with E-state index < -0.39 is 123 Å². The third-order valence-corrected chi connectivity index (χ3v) is 34.6. The first-order valence-corrected chi connectivity index (χ1v) is 36.9. The molecule has 12 nitrogen and oxygen atoms in total. The summed E-state index contributed by atoms with van der Waals surface area (Å²) in [6, 6.07) is 14.8. The van der Waals surface area contributed by atoms with Crippen molar-refractivity contribution in [1.29, 1.82) is 0 Å². The summed E-state index contributed by atoms with van der Waals surface area (Å²) in [4.78, 5) is -4.09. The van der Waals surface area contributed by atoms with Crippen molar-refractivity contribution in [3.05, 3.63) is 183 Å². The molecule has 30 heteroatoms. The molecule has 0 aliphatic heterocycles. The van der Waals surface area contributed by atoms with Crippen LogP contribution >= 0.6 is 0 Å². The van der Waals surface area contributed by atoms with Crippen LogP contribution in [-0.4, -0.2) is 55.7 Å².